The average Bonchev–Trinajstić information content (AvgIpc) is 3.19. The van der Waals surface area contributed by atoms with Crippen LogP contribution in [0.1, 0.15) is 22.8 Å². The van der Waals surface area contributed by atoms with E-state index in [0.29, 0.717) is 6.54 Å². The molecule has 23 heavy (non-hydrogen) atoms. The molecule has 3 aromatic heterocycles. The number of hydrogen-bond acceptors (Lipinski definition) is 6. The number of furan rings is 1. The molecule has 0 saturated heterocycles. The van der Waals surface area contributed by atoms with Crippen molar-refractivity contribution in [2.75, 3.05) is 0 Å². The van der Waals surface area contributed by atoms with Crippen molar-refractivity contribution in [3.05, 3.63) is 47.8 Å². The fraction of sp³-hybridized carbons (Fsp3) is 0.312. The molecule has 120 valence electrons. The molecule has 0 unspecified atom stereocenters. The van der Waals surface area contributed by atoms with E-state index in [1.807, 2.05) is 37.5 Å². The summed E-state index contributed by atoms with van der Waals surface area (Å²) in [5.74, 6) is 3.19. The Morgan fingerprint density at radius 3 is 2.70 bits per heavy atom. The number of aryl methyl sites for hydroxylation is 3. The van der Waals surface area contributed by atoms with Crippen LogP contribution in [-0.4, -0.2) is 19.9 Å². The van der Waals surface area contributed by atoms with Crippen LogP contribution in [0.5, 0.6) is 0 Å². The summed E-state index contributed by atoms with van der Waals surface area (Å²) < 4.78 is 12.6. The molecule has 3 rings (SSSR count). The number of aromatic nitrogens is 4. The number of hydrogen-bond donors (Lipinski definition) is 0. The van der Waals surface area contributed by atoms with Gasteiger partial charge in [-0.15, -0.1) is 16.8 Å². The van der Waals surface area contributed by atoms with Crippen molar-refractivity contribution >= 4 is 11.8 Å². The van der Waals surface area contributed by atoms with E-state index in [2.05, 4.69) is 21.9 Å². The van der Waals surface area contributed by atoms with Gasteiger partial charge in [-0.05, 0) is 26.8 Å². The van der Waals surface area contributed by atoms with Gasteiger partial charge in [0.05, 0.1) is 17.5 Å². The molecule has 0 saturated carbocycles. The zero-order chi connectivity index (χ0) is 16.4. The highest BCUT2D eigenvalue weighted by molar-refractivity contribution is 7.98. The van der Waals surface area contributed by atoms with Crippen molar-refractivity contribution in [2.45, 2.75) is 38.2 Å². The Kier molecular flexibility index (Phi) is 4.38. The maximum Gasteiger partial charge on any atom is 0.192 e. The van der Waals surface area contributed by atoms with Crippen LogP contribution >= 0.6 is 11.8 Å². The first-order valence-corrected chi connectivity index (χ1v) is 8.23. The van der Waals surface area contributed by atoms with Gasteiger partial charge in [-0.2, -0.15) is 0 Å². The van der Waals surface area contributed by atoms with Crippen molar-refractivity contribution in [1.29, 1.82) is 0 Å². The fourth-order valence-electron chi connectivity index (χ4n) is 2.35. The summed E-state index contributed by atoms with van der Waals surface area (Å²) in [4.78, 5) is 0. The molecule has 0 aliphatic carbocycles. The molecule has 3 aromatic rings. The molecule has 0 bridgehead atoms. The van der Waals surface area contributed by atoms with Crippen LogP contribution in [0.25, 0.3) is 11.4 Å². The summed E-state index contributed by atoms with van der Waals surface area (Å²) in [5, 5.41) is 13.5. The summed E-state index contributed by atoms with van der Waals surface area (Å²) in [6, 6.07) is 1.90. The SMILES string of the molecule is C=CCn1c(SCc2c(C)noc2C)nnc1-c1ccoc1C. The highest BCUT2D eigenvalue weighted by atomic mass is 32.2. The number of allylic oxidation sites excluding steroid dienone is 1. The predicted octanol–water partition coefficient (Wildman–Crippen LogP) is 3.93. The Morgan fingerprint density at radius 1 is 1.26 bits per heavy atom. The Balaban J connectivity index is 1.89. The molecular weight excluding hydrogens is 312 g/mol. The molecule has 6 nitrogen and oxygen atoms in total. The Bertz CT molecular complexity index is 812. The van der Waals surface area contributed by atoms with Crippen molar-refractivity contribution in [2.24, 2.45) is 0 Å². The van der Waals surface area contributed by atoms with E-state index in [-0.39, 0.29) is 0 Å². The Labute approximate surface area is 138 Å². The second-order valence-electron chi connectivity index (χ2n) is 5.19. The van der Waals surface area contributed by atoms with E-state index in [1.54, 1.807) is 18.0 Å². The molecule has 7 heteroatoms. The predicted molar refractivity (Wildman–Crippen MR) is 88.2 cm³/mol. The Hall–Kier alpha value is -2.28. The van der Waals surface area contributed by atoms with Crippen LogP contribution in [0.4, 0.5) is 0 Å². The second-order valence-corrected chi connectivity index (χ2v) is 6.13. The van der Waals surface area contributed by atoms with Crippen LogP contribution in [0.15, 0.2) is 39.1 Å². The maximum absolute atomic E-state index is 5.38. The van der Waals surface area contributed by atoms with E-state index in [9.17, 15) is 0 Å². The van der Waals surface area contributed by atoms with Crippen molar-refractivity contribution in [3.63, 3.8) is 0 Å². The molecule has 0 aliphatic rings. The quantitative estimate of drug-likeness (QED) is 0.504. The lowest BCUT2D eigenvalue weighted by Crippen LogP contribution is -2.01. The summed E-state index contributed by atoms with van der Waals surface area (Å²) >= 11 is 1.61. The number of thioether (sulfide) groups is 1. The maximum atomic E-state index is 5.38. The standard InChI is InChI=1S/C16H18N4O2S/c1-5-7-20-15(13-6-8-21-11(13)3)17-18-16(20)23-9-14-10(2)19-22-12(14)4/h5-6,8H,1,7,9H2,2-4H3. The van der Waals surface area contributed by atoms with Crippen molar-refractivity contribution < 1.29 is 8.94 Å². The van der Waals surface area contributed by atoms with Gasteiger partial charge in [0.1, 0.15) is 11.5 Å². The molecule has 0 fully saturated rings. The molecule has 0 aromatic carbocycles. The zero-order valence-electron chi connectivity index (χ0n) is 13.4. The van der Waals surface area contributed by atoms with E-state index >= 15 is 0 Å². The highest BCUT2D eigenvalue weighted by Gasteiger charge is 2.18. The van der Waals surface area contributed by atoms with Crippen LogP contribution in [0.3, 0.4) is 0 Å². The smallest absolute Gasteiger partial charge is 0.192 e. The second kappa shape index (κ2) is 6.45. The molecule has 0 amide bonds. The third-order valence-electron chi connectivity index (χ3n) is 3.66. The first kappa shape index (κ1) is 15.6. The monoisotopic (exact) mass is 330 g/mol. The van der Waals surface area contributed by atoms with Crippen LogP contribution < -0.4 is 0 Å². The van der Waals surface area contributed by atoms with Gasteiger partial charge < -0.3 is 8.94 Å². The molecule has 0 aliphatic heterocycles. The number of nitrogens with zero attached hydrogens (tertiary/aromatic N) is 4. The summed E-state index contributed by atoms with van der Waals surface area (Å²) in [6.07, 6.45) is 3.50. The van der Waals surface area contributed by atoms with Crippen LogP contribution in [-0.2, 0) is 12.3 Å². The van der Waals surface area contributed by atoms with Gasteiger partial charge in [0, 0.05) is 17.9 Å². The van der Waals surface area contributed by atoms with Crippen molar-refractivity contribution in [1.82, 2.24) is 19.9 Å². The molecule has 3 heterocycles. The van der Waals surface area contributed by atoms with Gasteiger partial charge in [0.2, 0.25) is 0 Å². The number of rotatable bonds is 6. The van der Waals surface area contributed by atoms with Gasteiger partial charge in [0.25, 0.3) is 0 Å². The summed E-state index contributed by atoms with van der Waals surface area (Å²) in [7, 11) is 0. The first-order valence-electron chi connectivity index (χ1n) is 7.25. The van der Waals surface area contributed by atoms with Gasteiger partial charge in [-0.3, -0.25) is 4.57 Å². The highest BCUT2D eigenvalue weighted by Crippen LogP contribution is 2.29. The van der Waals surface area contributed by atoms with Gasteiger partial charge >= 0.3 is 0 Å². The van der Waals surface area contributed by atoms with Crippen molar-refractivity contribution in [3.8, 4) is 11.4 Å². The first-order chi connectivity index (χ1) is 11.1. The van der Waals surface area contributed by atoms with E-state index in [4.69, 9.17) is 8.94 Å². The lowest BCUT2D eigenvalue weighted by molar-refractivity contribution is 0.392. The lowest BCUT2D eigenvalue weighted by atomic mass is 10.2. The lowest BCUT2D eigenvalue weighted by Gasteiger charge is -2.07. The summed E-state index contributed by atoms with van der Waals surface area (Å²) in [6.45, 7) is 10.2. The Morgan fingerprint density at radius 2 is 2.09 bits per heavy atom. The molecule has 0 atom stereocenters. The summed E-state index contributed by atoms with van der Waals surface area (Å²) in [5.41, 5.74) is 2.96. The van der Waals surface area contributed by atoms with Crippen LogP contribution in [0.2, 0.25) is 0 Å². The van der Waals surface area contributed by atoms with Crippen LogP contribution in [0, 0.1) is 20.8 Å². The van der Waals surface area contributed by atoms with E-state index in [0.717, 1.165) is 45.1 Å². The molecule has 0 N–H and O–H groups in total. The van der Waals surface area contributed by atoms with Gasteiger partial charge in [-0.25, -0.2) is 0 Å². The van der Waals surface area contributed by atoms with E-state index < -0.39 is 0 Å². The largest absolute Gasteiger partial charge is 0.469 e. The fourth-order valence-corrected chi connectivity index (χ4v) is 3.45. The van der Waals surface area contributed by atoms with E-state index in [1.165, 1.54) is 0 Å². The minimum atomic E-state index is 0.636. The zero-order valence-corrected chi connectivity index (χ0v) is 14.2. The topological polar surface area (TPSA) is 69.9 Å². The minimum Gasteiger partial charge on any atom is -0.469 e. The minimum absolute atomic E-state index is 0.636. The normalized spacial score (nSPS) is 11.1. The third-order valence-corrected chi connectivity index (χ3v) is 4.65. The average molecular weight is 330 g/mol. The van der Waals surface area contributed by atoms with Gasteiger partial charge in [0.15, 0.2) is 11.0 Å². The molecule has 0 spiro atoms. The molecule has 0 radical (unpaired) electrons. The third kappa shape index (κ3) is 2.96. The molecular formula is C16H18N4O2S. The van der Waals surface area contributed by atoms with Gasteiger partial charge in [-0.1, -0.05) is 23.0 Å².